The maximum absolute atomic E-state index is 11.9. The largest absolute Gasteiger partial charge is 0.343 e. The minimum absolute atomic E-state index is 0.317. The summed E-state index contributed by atoms with van der Waals surface area (Å²) in [6, 6.07) is 0. The van der Waals surface area contributed by atoms with Crippen LogP contribution in [0.25, 0.3) is 0 Å². The maximum Gasteiger partial charge on any atom is 0.222 e. The van der Waals surface area contributed by atoms with E-state index < -0.39 is 0 Å². The van der Waals surface area contributed by atoms with Gasteiger partial charge in [-0.15, -0.1) is 11.3 Å². The molecule has 0 N–H and O–H groups in total. The van der Waals surface area contributed by atoms with E-state index in [1.807, 2.05) is 16.5 Å². The van der Waals surface area contributed by atoms with Gasteiger partial charge in [-0.1, -0.05) is 13.8 Å². The normalized spacial score (nSPS) is 17.7. The second-order valence-corrected chi connectivity index (χ2v) is 6.05. The molecule has 0 atom stereocenters. The third-order valence-electron chi connectivity index (χ3n) is 3.23. The Hall–Kier alpha value is -0.900. The van der Waals surface area contributed by atoms with Gasteiger partial charge in [0.1, 0.15) is 0 Å². The van der Waals surface area contributed by atoms with Crippen LogP contribution in [0.1, 0.15) is 44.0 Å². The van der Waals surface area contributed by atoms with Gasteiger partial charge in [-0.05, 0) is 18.8 Å². The molecule has 1 aliphatic heterocycles. The van der Waals surface area contributed by atoms with Crippen molar-refractivity contribution in [3.63, 3.8) is 0 Å². The Kier molecular flexibility index (Phi) is 4.15. The van der Waals surface area contributed by atoms with Gasteiger partial charge >= 0.3 is 0 Å². The molecule has 0 unspecified atom stereocenters. The average Bonchev–Trinajstić information content (AvgIpc) is 2.82. The van der Waals surface area contributed by atoms with Gasteiger partial charge in [-0.25, -0.2) is 4.98 Å². The number of aromatic nitrogens is 1. The van der Waals surface area contributed by atoms with Crippen molar-refractivity contribution in [1.82, 2.24) is 9.88 Å². The number of hydrogen-bond donors (Lipinski definition) is 0. The predicted octanol–water partition coefficient (Wildman–Crippen LogP) is 2.90. The molecule has 1 saturated heterocycles. The Morgan fingerprint density at radius 1 is 1.53 bits per heavy atom. The Labute approximate surface area is 107 Å². The summed E-state index contributed by atoms with van der Waals surface area (Å²) in [7, 11) is 0. The highest BCUT2D eigenvalue weighted by Crippen LogP contribution is 2.29. The summed E-state index contributed by atoms with van der Waals surface area (Å²) < 4.78 is 0. The quantitative estimate of drug-likeness (QED) is 0.828. The highest BCUT2D eigenvalue weighted by atomic mass is 32.1. The molecule has 1 aromatic rings. The lowest BCUT2D eigenvalue weighted by molar-refractivity contribution is -0.133. The van der Waals surface area contributed by atoms with E-state index in [-0.39, 0.29) is 0 Å². The molecule has 1 fully saturated rings. The van der Waals surface area contributed by atoms with Gasteiger partial charge in [0.05, 0.1) is 5.01 Å². The molecule has 1 aliphatic rings. The van der Waals surface area contributed by atoms with Crippen molar-refractivity contribution in [3.05, 3.63) is 16.6 Å². The number of rotatable bonds is 3. The van der Waals surface area contributed by atoms with Crippen molar-refractivity contribution in [3.8, 4) is 0 Å². The topological polar surface area (TPSA) is 33.2 Å². The molecule has 0 saturated carbocycles. The van der Waals surface area contributed by atoms with Crippen molar-refractivity contribution in [2.75, 3.05) is 13.1 Å². The minimum Gasteiger partial charge on any atom is -0.343 e. The van der Waals surface area contributed by atoms with Gasteiger partial charge in [0.15, 0.2) is 0 Å². The van der Waals surface area contributed by atoms with E-state index in [1.54, 1.807) is 11.3 Å². The average molecular weight is 252 g/mol. The summed E-state index contributed by atoms with van der Waals surface area (Å²) in [5, 5.41) is 3.27. The third-order valence-corrected chi connectivity index (χ3v) is 4.17. The summed E-state index contributed by atoms with van der Waals surface area (Å²) in [5.41, 5.74) is 0. The first-order chi connectivity index (χ1) is 8.16. The predicted molar refractivity (Wildman–Crippen MR) is 70.1 cm³/mol. The highest BCUT2D eigenvalue weighted by molar-refractivity contribution is 7.09. The molecule has 2 heterocycles. The van der Waals surface area contributed by atoms with Gasteiger partial charge in [0, 0.05) is 37.0 Å². The number of likely N-dealkylation sites (tertiary alicyclic amines) is 1. The second kappa shape index (κ2) is 5.63. The molecule has 1 amide bonds. The van der Waals surface area contributed by atoms with Gasteiger partial charge in [-0.3, -0.25) is 4.79 Å². The van der Waals surface area contributed by atoms with Gasteiger partial charge in [0.2, 0.25) is 5.91 Å². The second-order valence-electron chi connectivity index (χ2n) is 5.12. The lowest BCUT2D eigenvalue weighted by atomic mass is 9.97. The molecule has 3 nitrogen and oxygen atoms in total. The van der Waals surface area contributed by atoms with Crippen LogP contribution >= 0.6 is 11.3 Å². The Morgan fingerprint density at radius 2 is 2.24 bits per heavy atom. The molecule has 0 radical (unpaired) electrons. The zero-order chi connectivity index (χ0) is 12.3. The summed E-state index contributed by atoms with van der Waals surface area (Å²) in [4.78, 5) is 18.3. The molecule has 0 spiro atoms. The Morgan fingerprint density at radius 3 is 2.76 bits per heavy atom. The monoisotopic (exact) mass is 252 g/mol. The molecular formula is C13H20N2OS. The summed E-state index contributed by atoms with van der Waals surface area (Å²) in [5.74, 6) is 1.34. The van der Waals surface area contributed by atoms with Crippen LogP contribution in [0.15, 0.2) is 11.6 Å². The molecular weight excluding hydrogens is 232 g/mol. The molecule has 1 aromatic heterocycles. The van der Waals surface area contributed by atoms with Crippen molar-refractivity contribution >= 4 is 17.2 Å². The molecule has 0 bridgehead atoms. The van der Waals surface area contributed by atoms with Crippen LogP contribution in [0.3, 0.4) is 0 Å². The molecule has 0 aliphatic carbocycles. The first-order valence-electron chi connectivity index (χ1n) is 6.34. The van der Waals surface area contributed by atoms with Crippen LogP contribution in [0.2, 0.25) is 0 Å². The molecule has 2 rings (SSSR count). The van der Waals surface area contributed by atoms with Crippen LogP contribution in [0.5, 0.6) is 0 Å². The number of carbonyl (C=O) groups excluding carboxylic acids is 1. The molecule has 4 heteroatoms. The SMILES string of the molecule is CC(C)CC(=O)N1CCC(c2nccs2)CC1. The van der Waals surface area contributed by atoms with Gasteiger partial charge < -0.3 is 4.90 Å². The van der Waals surface area contributed by atoms with E-state index in [2.05, 4.69) is 18.8 Å². The fourth-order valence-corrected chi connectivity index (χ4v) is 3.10. The highest BCUT2D eigenvalue weighted by Gasteiger charge is 2.25. The van der Waals surface area contributed by atoms with Gasteiger partial charge in [-0.2, -0.15) is 0 Å². The van der Waals surface area contributed by atoms with Crippen LogP contribution < -0.4 is 0 Å². The lowest BCUT2D eigenvalue weighted by Gasteiger charge is -2.31. The zero-order valence-corrected chi connectivity index (χ0v) is 11.4. The van der Waals surface area contributed by atoms with E-state index in [1.165, 1.54) is 5.01 Å². The zero-order valence-electron chi connectivity index (χ0n) is 10.6. The first-order valence-corrected chi connectivity index (χ1v) is 7.22. The Balaban J connectivity index is 1.84. The van der Waals surface area contributed by atoms with Gasteiger partial charge in [0.25, 0.3) is 0 Å². The van der Waals surface area contributed by atoms with Crippen molar-refractivity contribution in [2.45, 2.75) is 39.0 Å². The lowest BCUT2D eigenvalue weighted by Crippen LogP contribution is -2.38. The van der Waals surface area contributed by atoms with E-state index >= 15 is 0 Å². The Bertz CT molecular complexity index is 354. The minimum atomic E-state index is 0.317. The summed E-state index contributed by atoms with van der Waals surface area (Å²) in [6.07, 6.45) is 4.69. The molecule has 94 valence electrons. The van der Waals surface area contributed by atoms with Crippen molar-refractivity contribution < 1.29 is 4.79 Å². The molecule has 17 heavy (non-hydrogen) atoms. The van der Waals surface area contributed by atoms with Crippen molar-refractivity contribution in [2.24, 2.45) is 5.92 Å². The summed E-state index contributed by atoms with van der Waals surface area (Å²) in [6.45, 7) is 5.99. The van der Waals surface area contributed by atoms with Crippen LogP contribution in [-0.4, -0.2) is 28.9 Å². The van der Waals surface area contributed by atoms with Crippen LogP contribution in [0, 0.1) is 5.92 Å². The van der Waals surface area contributed by atoms with Crippen molar-refractivity contribution in [1.29, 1.82) is 0 Å². The first kappa shape index (κ1) is 12.6. The summed E-state index contributed by atoms with van der Waals surface area (Å²) >= 11 is 1.74. The third kappa shape index (κ3) is 3.28. The van der Waals surface area contributed by atoms with E-state index in [0.717, 1.165) is 25.9 Å². The number of piperidine rings is 1. The number of amides is 1. The standard InChI is InChI=1S/C13H20N2OS/c1-10(2)9-12(16)15-6-3-11(4-7-15)13-14-5-8-17-13/h5,8,10-11H,3-4,6-7,9H2,1-2H3. The van der Waals surface area contributed by atoms with E-state index in [0.29, 0.717) is 24.2 Å². The fraction of sp³-hybridized carbons (Fsp3) is 0.692. The fourth-order valence-electron chi connectivity index (χ4n) is 2.29. The van der Waals surface area contributed by atoms with Crippen LogP contribution in [-0.2, 0) is 4.79 Å². The van der Waals surface area contributed by atoms with Crippen LogP contribution in [0.4, 0.5) is 0 Å². The number of thiazole rings is 1. The molecule has 0 aromatic carbocycles. The number of carbonyl (C=O) groups is 1. The maximum atomic E-state index is 11.9. The van der Waals surface area contributed by atoms with E-state index in [4.69, 9.17) is 0 Å². The van der Waals surface area contributed by atoms with E-state index in [9.17, 15) is 4.79 Å². The number of nitrogens with zero attached hydrogens (tertiary/aromatic N) is 2. The number of hydrogen-bond acceptors (Lipinski definition) is 3. The smallest absolute Gasteiger partial charge is 0.222 e.